The Morgan fingerprint density at radius 2 is 1.14 bits per heavy atom. The van der Waals surface area contributed by atoms with E-state index in [0.29, 0.717) is 19.3 Å². The molecule has 0 fully saturated rings. The Balaban J connectivity index is 3.59. The van der Waals surface area contributed by atoms with Gasteiger partial charge in [0.15, 0.2) is 5.78 Å². The molecule has 0 spiro atoms. The summed E-state index contributed by atoms with van der Waals surface area (Å²) in [5.41, 5.74) is 0. The average Bonchev–Trinajstić information content (AvgIpc) is 2.84. The Morgan fingerprint density at radius 1 is 0.657 bits per heavy atom. The summed E-state index contributed by atoms with van der Waals surface area (Å²) < 4.78 is 10.1. The van der Waals surface area contributed by atoms with Gasteiger partial charge in [-0.1, -0.05) is 89.9 Å². The van der Waals surface area contributed by atoms with Crippen LogP contribution in [0.15, 0.2) is 24.3 Å². The number of ketones is 1. The van der Waals surface area contributed by atoms with E-state index in [0.717, 1.165) is 64.2 Å². The molecule has 35 heavy (non-hydrogen) atoms. The van der Waals surface area contributed by atoms with Crippen molar-refractivity contribution in [3.8, 4) is 0 Å². The summed E-state index contributed by atoms with van der Waals surface area (Å²) in [5, 5.41) is 9.82. The molecule has 0 aromatic rings. The normalized spacial score (nSPS) is 12.3. The number of carbonyl (C=O) groups is 3. The molecular formula is C29H50O6. The fraction of sp³-hybridized carbons (Fsp3) is 0.759. The zero-order valence-corrected chi connectivity index (χ0v) is 22.3. The van der Waals surface area contributed by atoms with Crippen molar-refractivity contribution in [2.45, 2.75) is 129 Å². The number of ether oxygens (including phenoxy) is 2. The third kappa shape index (κ3) is 25.0. The highest BCUT2D eigenvalue weighted by Crippen LogP contribution is 2.09. The van der Waals surface area contributed by atoms with Gasteiger partial charge in [0.05, 0.1) is 0 Å². The van der Waals surface area contributed by atoms with E-state index in [1.165, 1.54) is 25.7 Å². The summed E-state index contributed by atoms with van der Waals surface area (Å²) in [7, 11) is 0. The van der Waals surface area contributed by atoms with E-state index in [1.807, 2.05) is 12.2 Å². The number of allylic oxidation sites excluding steroid dienone is 4. The van der Waals surface area contributed by atoms with Crippen molar-refractivity contribution in [2.24, 2.45) is 0 Å². The monoisotopic (exact) mass is 494 g/mol. The maximum atomic E-state index is 11.8. The molecule has 0 saturated heterocycles. The SMILES string of the molecule is CCCCC/C=C\C=C\C(=O)CCCCCCCC(=O)OC[C@H](O)COC(=O)CCCCCCC. The minimum absolute atomic E-state index is 0.149. The maximum absolute atomic E-state index is 11.8. The van der Waals surface area contributed by atoms with Crippen LogP contribution in [-0.4, -0.2) is 42.1 Å². The molecule has 0 aliphatic carbocycles. The Hall–Kier alpha value is -1.95. The zero-order chi connectivity index (χ0) is 26.0. The minimum Gasteiger partial charge on any atom is -0.463 e. The van der Waals surface area contributed by atoms with Crippen LogP contribution >= 0.6 is 0 Å². The van der Waals surface area contributed by atoms with Crippen LogP contribution in [0.2, 0.25) is 0 Å². The molecule has 0 bridgehead atoms. The van der Waals surface area contributed by atoms with E-state index in [2.05, 4.69) is 19.9 Å². The molecule has 0 aromatic carbocycles. The van der Waals surface area contributed by atoms with E-state index in [9.17, 15) is 19.5 Å². The Kier molecular flexibility index (Phi) is 23.8. The number of hydrogen-bond acceptors (Lipinski definition) is 6. The first-order valence-corrected chi connectivity index (χ1v) is 13.8. The zero-order valence-electron chi connectivity index (χ0n) is 22.3. The van der Waals surface area contributed by atoms with Crippen LogP contribution in [0.3, 0.4) is 0 Å². The van der Waals surface area contributed by atoms with Crippen LogP contribution in [0.5, 0.6) is 0 Å². The van der Waals surface area contributed by atoms with Crippen molar-refractivity contribution in [1.82, 2.24) is 0 Å². The first kappa shape index (κ1) is 33.0. The van der Waals surface area contributed by atoms with Gasteiger partial charge >= 0.3 is 11.9 Å². The molecule has 0 aliphatic rings. The second-order valence-corrected chi connectivity index (χ2v) is 9.20. The quantitative estimate of drug-likeness (QED) is 0.0688. The Bertz CT molecular complexity index is 596. The topological polar surface area (TPSA) is 89.9 Å². The second kappa shape index (κ2) is 25.2. The van der Waals surface area contributed by atoms with Crippen molar-refractivity contribution in [3.63, 3.8) is 0 Å². The summed E-state index contributed by atoms with van der Waals surface area (Å²) in [6.07, 6.45) is 22.2. The molecule has 1 atom stereocenters. The average molecular weight is 495 g/mol. The van der Waals surface area contributed by atoms with Crippen molar-refractivity contribution < 1.29 is 29.0 Å². The lowest BCUT2D eigenvalue weighted by Gasteiger charge is -2.12. The number of rotatable bonds is 24. The minimum atomic E-state index is -0.994. The summed E-state index contributed by atoms with van der Waals surface area (Å²) >= 11 is 0. The van der Waals surface area contributed by atoms with E-state index in [4.69, 9.17) is 9.47 Å². The third-order valence-corrected chi connectivity index (χ3v) is 5.67. The van der Waals surface area contributed by atoms with E-state index in [-0.39, 0.29) is 30.9 Å². The smallest absolute Gasteiger partial charge is 0.305 e. The molecule has 6 heteroatoms. The molecule has 202 valence electrons. The highest BCUT2D eigenvalue weighted by atomic mass is 16.6. The predicted octanol–water partition coefficient (Wildman–Crippen LogP) is 6.79. The van der Waals surface area contributed by atoms with Crippen molar-refractivity contribution >= 4 is 17.7 Å². The van der Waals surface area contributed by atoms with Crippen LogP contribution in [0.4, 0.5) is 0 Å². The Morgan fingerprint density at radius 3 is 1.71 bits per heavy atom. The van der Waals surface area contributed by atoms with Crippen molar-refractivity contribution in [1.29, 1.82) is 0 Å². The predicted molar refractivity (Wildman–Crippen MR) is 141 cm³/mol. The molecule has 1 N–H and O–H groups in total. The highest BCUT2D eigenvalue weighted by molar-refractivity contribution is 5.89. The van der Waals surface area contributed by atoms with Gasteiger partial charge in [0, 0.05) is 19.3 Å². The lowest BCUT2D eigenvalue weighted by atomic mass is 10.1. The van der Waals surface area contributed by atoms with Crippen molar-refractivity contribution in [2.75, 3.05) is 13.2 Å². The fourth-order valence-electron chi connectivity index (χ4n) is 3.48. The van der Waals surface area contributed by atoms with Crippen LogP contribution in [0.25, 0.3) is 0 Å². The molecule has 0 amide bonds. The number of carbonyl (C=O) groups excluding carboxylic acids is 3. The van der Waals surface area contributed by atoms with Gasteiger partial charge in [-0.2, -0.15) is 0 Å². The molecule has 0 rings (SSSR count). The summed E-state index contributed by atoms with van der Waals surface area (Å²) in [4.78, 5) is 35.2. The summed E-state index contributed by atoms with van der Waals surface area (Å²) in [5.74, 6) is -0.517. The maximum Gasteiger partial charge on any atom is 0.305 e. The number of esters is 2. The molecule has 0 aliphatic heterocycles. The molecule has 0 heterocycles. The highest BCUT2D eigenvalue weighted by Gasteiger charge is 2.12. The first-order chi connectivity index (χ1) is 17.0. The van der Waals surface area contributed by atoms with Gasteiger partial charge in [-0.15, -0.1) is 0 Å². The van der Waals surface area contributed by atoms with Gasteiger partial charge in [-0.05, 0) is 38.2 Å². The van der Waals surface area contributed by atoms with Gasteiger partial charge in [-0.3, -0.25) is 14.4 Å². The molecule has 0 unspecified atom stereocenters. The first-order valence-electron chi connectivity index (χ1n) is 13.8. The molecule has 0 saturated carbocycles. The van der Waals surface area contributed by atoms with Gasteiger partial charge < -0.3 is 14.6 Å². The number of hydrogen-bond donors (Lipinski definition) is 1. The standard InChI is InChI=1S/C29H50O6/c1-3-5-7-9-10-13-16-20-26(30)21-17-14-11-15-19-23-29(33)35-25-27(31)24-34-28(32)22-18-12-8-6-4-2/h10,13,16,20,27,31H,3-9,11-12,14-15,17-19,21-25H2,1-2H3/b13-10-,20-16+/t27-/m1/s1. The summed E-state index contributed by atoms with van der Waals surface area (Å²) in [6, 6.07) is 0. The largest absolute Gasteiger partial charge is 0.463 e. The lowest BCUT2D eigenvalue weighted by molar-refractivity contribution is -0.152. The Labute approximate surface area is 213 Å². The molecule has 0 aromatic heterocycles. The van der Waals surface area contributed by atoms with Crippen LogP contribution in [0.1, 0.15) is 123 Å². The third-order valence-electron chi connectivity index (χ3n) is 5.67. The van der Waals surface area contributed by atoms with Gasteiger partial charge in [0.1, 0.15) is 19.3 Å². The van der Waals surface area contributed by atoms with E-state index < -0.39 is 6.10 Å². The van der Waals surface area contributed by atoms with Crippen LogP contribution < -0.4 is 0 Å². The number of aliphatic hydroxyl groups excluding tert-OH is 1. The second-order valence-electron chi connectivity index (χ2n) is 9.20. The van der Waals surface area contributed by atoms with Gasteiger partial charge in [0.25, 0.3) is 0 Å². The molecular weight excluding hydrogens is 444 g/mol. The van der Waals surface area contributed by atoms with Crippen molar-refractivity contribution in [3.05, 3.63) is 24.3 Å². The number of aliphatic hydroxyl groups is 1. The molecule has 6 nitrogen and oxygen atoms in total. The lowest BCUT2D eigenvalue weighted by Crippen LogP contribution is -2.25. The van der Waals surface area contributed by atoms with E-state index in [1.54, 1.807) is 6.08 Å². The molecule has 0 radical (unpaired) electrons. The fourth-order valence-corrected chi connectivity index (χ4v) is 3.48. The van der Waals surface area contributed by atoms with Gasteiger partial charge in [-0.25, -0.2) is 0 Å². The number of unbranched alkanes of at least 4 members (excludes halogenated alkanes) is 11. The van der Waals surface area contributed by atoms with Gasteiger partial charge in [0.2, 0.25) is 0 Å². The summed E-state index contributed by atoms with van der Waals surface area (Å²) in [6.45, 7) is 4.02. The van der Waals surface area contributed by atoms with Crippen LogP contribution in [-0.2, 0) is 23.9 Å². The van der Waals surface area contributed by atoms with E-state index >= 15 is 0 Å². The van der Waals surface area contributed by atoms with Crippen LogP contribution in [0, 0.1) is 0 Å².